The first kappa shape index (κ1) is 16.0. The van der Waals surface area contributed by atoms with Gasteiger partial charge in [0.15, 0.2) is 11.5 Å². The lowest BCUT2D eigenvalue weighted by Gasteiger charge is -2.12. The second-order valence-electron chi connectivity index (χ2n) is 4.57. The Balaban J connectivity index is 2.36. The molecular weight excluding hydrogens is 302 g/mol. The highest BCUT2D eigenvalue weighted by molar-refractivity contribution is 6.33. The number of hydrogen-bond donors (Lipinski definition) is 1. The maximum Gasteiger partial charge on any atom is 0.203 e. The summed E-state index contributed by atoms with van der Waals surface area (Å²) >= 11 is 5.91. The Bertz CT molecular complexity index is 673. The summed E-state index contributed by atoms with van der Waals surface area (Å²) < 4.78 is 16.0. The molecule has 0 aliphatic heterocycles. The van der Waals surface area contributed by atoms with Crippen LogP contribution in [0.1, 0.15) is 11.1 Å². The molecule has 5 heteroatoms. The Labute approximate surface area is 135 Å². The molecule has 2 aromatic rings. The monoisotopic (exact) mass is 319 g/mol. The molecule has 116 valence electrons. The third kappa shape index (κ3) is 3.46. The Hall–Kier alpha value is -2.33. The number of methoxy groups -OCH3 is 3. The van der Waals surface area contributed by atoms with Crippen molar-refractivity contribution in [3.63, 3.8) is 0 Å². The van der Waals surface area contributed by atoms with Gasteiger partial charge in [0.25, 0.3) is 0 Å². The van der Waals surface area contributed by atoms with Crippen LogP contribution >= 0.6 is 11.6 Å². The number of anilines is 1. The standard InChI is InChI=1S/C17H18ClNO3/c1-20-15-9-12(10-16(21-2)17(15)22-3)5-4-11-6-7-13(18)14(19)8-11/h4-10H,19H2,1-3H3/b5-4-. The first-order chi connectivity index (χ1) is 10.6. The van der Waals surface area contributed by atoms with Gasteiger partial charge in [-0.15, -0.1) is 0 Å². The highest BCUT2D eigenvalue weighted by Gasteiger charge is 2.11. The van der Waals surface area contributed by atoms with Gasteiger partial charge in [-0.05, 0) is 35.4 Å². The lowest BCUT2D eigenvalue weighted by molar-refractivity contribution is 0.324. The van der Waals surface area contributed by atoms with Crippen LogP contribution in [0.25, 0.3) is 12.2 Å². The van der Waals surface area contributed by atoms with Gasteiger partial charge in [-0.2, -0.15) is 0 Å². The van der Waals surface area contributed by atoms with Crippen molar-refractivity contribution < 1.29 is 14.2 Å². The molecular formula is C17H18ClNO3. The second kappa shape index (κ2) is 7.09. The van der Waals surface area contributed by atoms with Crippen LogP contribution in [0.2, 0.25) is 5.02 Å². The van der Waals surface area contributed by atoms with Gasteiger partial charge in [0.1, 0.15) is 0 Å². The van der Waals surface area contributed by atoms with E-state index in [0.717, 1.165) is 11.1 Å². The number of ether oxygens (including phenoxy) is 3. The van der Waals surface area contributed by atoms with Crippen LogP contribution in [0.5, 0.6) is 17.2 Å². The summed E-state index contributed by atoms with van der Waals surface area (Å²) in [6.45, 7) is 0. The third-order valence-electron chi connectivity index (χ3n) is 3.18. The van der Waals surface area contributed by atoms with Crippen LogP contribution in [-0.2, 0) is 0 Å². The number of nitrogens with two attached hydrogens (primary N) is 1. The van der Waals surface area contributed by atoms with E-state index in [2.05, 4.69) is 0 Å². The van der Waals surface area contributed by atoms with Crippen molar-refractivity contribution in [3.05, 3.63) is 46.5 Å². The molecule has 2 aromatic carbocycles. The summed E-state index contributed by atoms with van der Waals surface area (Å²) in [6, 6.07) is 9.23. The van der Waals surface area contributed by atoms with Gasteiger partial charge in [-0.3, -0.25) is 0 Å². The lowest BCUT2D eigenvalue weighted by atomic mass is 10.1. The molecule has 0 bridgehead atoms. The summed E-state index contributed by atoms with van der Waals surface area (Å²) in [5.74, 6) is 1.78. The molecule has 2 rings (SSSR count). The van der Waals surface area contributed by atoms with E-state index in [4.69, 9.17) is 31.5 Å². The zero-order chi connectivity index (χ0) is 16.1. The quantitative estimate of drug-likeness (QED) is 0.665. The third-order valence-corrected chi connectivity index (χ3v) is 3.52. The fourth-order valence-electron chi connectivity index (χ4n) is 2.06. The summed E-state index contributed by atoms with van der Waals surface area (Å²) in [4.78, 5) is 0. The Morgan fingerprint density at radius 1 is 0.864 bits per heavy atom. The number of halogens is 1. The van der Waals surface area contributed by atoms with Crippen LogP contribution in [0.15, 0.2) is 30.3 Å². The molecule has 0 atom stereocenters. The SMILES string of the molecule is COc1cc(/C=C\c2ccc(Cl)c(N)c2)cc(OC)c1OC. The maximum atomic E-state index is 5.91. The summed E-state index contributed by atoms with van der Waals surface area (Å²) in [6.07, 6.45) is 3.88. The van der Waals surface area contributed by atoms with E-state index in [9.17, 15) is 0 Å². The predicted octanol–water partition coefficient (Wildman–Crippen LogP) is 4.12. The highest BCUT2D eigenvalue weighted by atomic mass is 35.5. The molecule has 0 heterocycles. The minimum Gasteiger partial charge on any atom is -0.493 e. The first-order valence-corrected chi connectivity index (χ1v) is 7.00. The fraction of sp³-hybridized carbons (Fsp3) is 0.176. The largest absolute Gasteiger partial charge is 0.493 e. The lowest BCUT2D eigenvalue weighted by Crippen LogP contribution is -1.95. The molecule has 0 fully saturated rings. The van der Waals surface area contributed by atoms with Crippen molar-refractivity contribution in [2.45, 2.75) is 0 Å². The zero-order valence-electron chi connectivity index (χ0n) is 12.7. The van der Waals surface area contributed by atoms with Gasteiger partial charge in [-0.1, -0.05) is 29.8 Å². The Morgan fingerprint density at radius 3 is 1.95 bits per heavy atom. The predicted molar refractivity (Wildman–Crippen MR) is 90.9 cm³/mol. The van der Waals surface area contributed by atoms with Gasteiger partial charge in [0.05, 0.1) is 32.0 Å². The molecule has 0 unspecified atom stereocenters. The second-order valence-corrected chi connectivity index (χ2v) is 4.98. The van der Waals surface area contributed by atoms with Gasteiger partial charge in [0.2, 0.25) is 5.75 Å². The van der Waals surface area contributed by atoms with Crippen molar-refractivity contribution in [2.24, 2.45) is 0 Å². The molecule has 2 N–H and O–H groups in total. The molecule has 22 heavy (non-hydrogen) atoms. The van der Waals surface area contributed by atoms with Crippen LogP contribution in [0.4, 0.5) is 5.69 Å². The van der Waals surface area contributed by atoms with Crippen molar-refractivity contribution in [2.75, 3.05) is 27.1 Å². The molecule has 0 radical (unpaired) electrons. The average molecular weight is 320 g/mol. The summed E-state index contributed by atoms with van der Waals surface area (Å²) in [5, 5.41) is 0.546. The average Bonchev–Trinajstić information content (AvgIpc) is 2.54. The maximum absolute atomic E-state index is 5.91. The smallest absolute Gasteiger partial charge is 0.203 e. The van der Waals surface area contributed by atoms with Crippen molar-refractivity contribution in [1.82, 2.24) is 0 Å². The molecule has 0 aliphatic rings. The van der Waals surface area contributed by atoms with E-state index in [-0.39, 0.29) is 0 Å². The van der Waals surface area contributed by atoms with E-state index in [1.165, 1.54) is 0 Å². The Kier molecular flexibility index (Phi) is 5.17. The van der Waals surface area contributed by atoms with Gasteiger partial charge < -0.3 is 19.9 Å². The first-order valence-electron chi connectivity index (χ1n) is 6.62. The van der Waals surface area contributed by atoms with Crippen molar-refractivity contribution in [1.29, 1.82) is 0 Å². The van der Waals surface area contributed by atoms with E-state index < -0.39 is 0 Å². The molecule has 0 saturated carbocycles. The Morgan fingerprint density at radius 2 is 1.45 bits per heavy atom. The number of benzene rings is 2. The van der Waals surface area contributed by atoms with Crippen molar-refractivity contribution >= 4 is 29.4 Å². The summed E-state index contributed by atoms with van der Waals surface area (Å²) in [5.41, 5.74) is 8.22. The zero-order valence-corrected chi connectivity index (χ0v) is 13.5. The van der Waals surface area contributed by atoms with Crippen LogP contribution in [0.3, 0.4) is 0 Å². The minimum absolute atomic E-state index is 0.546. The van der Waals surface area contributed by atoms with Gasteiger partial charge in [-0.25, -0.2) is 0 Å². The molecule has 4 nitrogen and oxygen atoms in total. The number of hydrogen-bond acceptors (Lipinski definition) is 4. The minimum atomic E-state index is 0.546. The van der Waals surface area contributed by atoms with Crippen LogP contribution in [0, 0.1) is 0 Å². The number of nitrogen functional groups attached to an aromatic ring is 1. The highest BCUT2D eigenvalue weighted by Crippen LogP contribution is 2.38. The molecule has 0 aromatic heterocycles. The van der Waals surface area contributed by atoms with Gasteiger partial charge >= 0.3 is 0 Å². The molecule has 0 aliphatic carbocycles. The molecule has 0 spiro atoms. The molecule has 0 saturated heterocycles. The summed E-state index contributed by atoms with van der Waals surface area (Å²) in [7, 11) is 4.75. The normalized spacial score (nSPS) is 10.7. The van der Waals surface area contributed by atoms with E-state index in [0.29, 0.717) is 28.0 Å². The van der Waals surface area contributed by atoms with E-state index in [1.54, 1.807) is 27.4 Å². The van der Waals surface area contributed by atoms with Crippen molar-refractivity contribution in [3.8, 4) is 17.2 Å². The van der Waals surface area contributed by atoms with Gasteiger partial charge in [0, 0.05) is 0 Å². The van der Waals surface area contributed by atoms with E-state index in [1.807, 2.05) is 36.4 Å². The van der Waals surface area contributed by atoms with Crippen LogP contribution in [-0.4, -0.2) is 21.3 Å². The number of rotatable bonds is 5. The topological polar surface area (TPSA) is 53.7 Å². The molecule has 0 amide bonds. The fourth-order valence-corrected chi connectivity index (χ4v) is 2.17. The van der Waals surface area contributed by atoms with Crippen LogP contribution < -0.4 is 19.9 Å². The van der Waals surface area contributed by atoms with E-state index >= 15 is 0 Å².